The standard InChI is InChI=1S/C45H91NO.C2H2/c1-4-7-10-13-16-17-18-22-27-33-40-45(47)41-34-29-36-43-46-42-35-28-23-20-19-21-26-32-39-44(37-30-24-14-11-8-5-2)38-31-25-15-12-9-6-3;1-2/h44,46H,4-43H2,1-3H3;1-2H. The van der Waals surface area contributed by atoms with Crippen LogP contribution in [0.25, 0.3) is 0 Å². The van der Waals surface area contributed by atoms with E-state index in [2.05, 4.69) is 38.9 Å². The minimum atomic E-state index is 0.508. The van der Waals surface area contributed by atoms with Gasteiger partial charge in [-0.25, -0.2) is 0 Å². The van der Waals surface area contributed by atoms with Crippen LogP contribution in [0.4, 0.5) is 0 Å². The molecular weight excluding hydrogens is 595 g/mol. The van der Waals surface area contributed by atoms with Gasteiger partial charge >= 0.3 is 0 Å². The van der Waals surface area contributed by atoms with Crippen molar-refractivity contribution in [1.82, 2.24) is 5.32 Å². The zero-order valence-corrected chi connectivity index (χ0v) is 34.4. The summed E-state index contributed by atoms with van der Waals surface area (Å²) in [7, 11) is 0. The minimum absolute atomic E-state index is 0.508. The third-order valence-corrected chi connectivity index (χ3v) is 10.8. The summed E-state index contributed by atoms with van der Waals surface area (Å²) in [6.07, 6.45) is 59.9. The molecule has 0 heterocycles. The van der Waals surface area contributed by atoms with Crippen LogP contribution in [0.2, 0.25) is 0 Å². The van der Waals surface area contributed by atoms with E-state index < -0.39 is 0 Å². The molecule has 0 bridgehead atoms. The zero-order valence-electron chi connectivity index (χ0n) is 34.4. The smallest absolute Gasteiger partial charge is 0.132 e. The highest BCUT2D eigenvalue weighted by Crippen LogP contribution is 2.25. The number of hydrogen-bond acceptors (Lipinski definition) is 2. The molecule has 0 rings (SSSR count). The van der Waals surface area contributed by atoms with Gasteiger partial charge in [0.15, 0.2) is 0 Å². The number of carbonyl (C=O) groups is 1. The van der Waals surface area contributed by atoms with E-state index in [-0.39, 0.29) is 0 Å². The summed E-state index contributed by atoms with van der Waals surface area (Å²) in [4.78, 5) is 12.2. The Bertz CT molecular complexity index is 596. The fourth-order valence-corrected chi connectivity index (χ4v) is 7.41. The number of nitrogens with one attached hydrogen (secondary N) is 1. The first kappa shape index (κ1) is 50.3. The first-order valence-corrected chi connectivity index (χ1v) is 22.8. The Hall–Kier alpha value is -0.810. The van der Waals surface area contributed by atoms with Gasteiger partial charge in [0.2, 0.25) is 0 Å². The van der Waals surface area contributed by atoms with E-state index in [0.29, 0.717) is 5.78 Å². The van der Waals surface area contributed by atoms with E-state index in [1.807, 2.05) is 0 Å². The lowest BCUT2D eigenvalue weighted by Crippen LogP contribution is -2.16. The predicted molar refractivity (Wildman–Crippen MR) is 224 cm³/mol. The molecule has 292 valence electrons. The van der Waals surface area contributed by atoms with Crippen molar-refractivity contribution in [3.8, 4) is 12.8 Å². The van der Waals surface area contributed by atoms with Crippen molar-refractivity contribution >= 4 is 5.78 Å². The van der Waals surface area contributed by atoms with E-state index in [4.69, 9.17) is 0 Å². The summed E-state index contributed by atoms with van der Waals surface area (Å²) in [5.74, 6) is 1.52. The fraction of sp³-hybridized carbons (Fsp3) is 0.936. The summed E-state index contributed by atoms with van der Waals surface area (Å²) in [5.41, 5.74) is 0. The molecule has 0 aliphatic heterocycles. The second kappa shape index (κ2) is 47.2. The second-order valence-corrected chi connectivity index (χ2v) is 15.6. The zero-order chi connectivity index (χ0) is 36.1. The third-order valence-electron chi connectivity index (χ3n) is 10.8. The quantitative estimate of drug-likeness (QED) is 0.0511. The van der Waals surface area contributed by atoms with Gasteiger partial charge in [-0.05, 0) is 44.7 Å². The van der Waals surface area contributed by atoms with Crippen LogP contribution in [-0.4, -0.2) is 18.9 Å². The SMILES string of the molecule is C#C.CCCCCCCCCCCCC(=O)CCCCCNCCCCCCCCCCC(CCCCCCCC)CCCCCCCC. The Morgan fingerprint density at radius 1 is 0.367 bits per heavy atom. The van der Waals surface area contributed by atoms with E-state index >= 15 is 0 Å². The van der Waals surface area contributed by atoms with Crippen molar-refractivity contribution in [2.75, 3.05) is 13.1 Å². The molecule has 1 N–H and O–H groups in total. The van der Waals surface area contributed by atoms with Crippen molar-refractivity contribution in [2.45, 2.75) is 265 Å². The monoisotopic (exact) mass is 688 g/mol. The number of rotatable bonds is 42. The predicted octanol–water partition coefficient (Wildman–Crippen LogP) is 15.9. The van der Waals surface area contributed by atoms with Gasteiger partial charge in [-0.3, -0.25) is 4.79 Å². The van der Waals surface area contributed by atoms with Gasteiger partial charge in [0, 0.05) is 12.8 Å². The topological polar surface area (TPSA) is 29.1 Å². The fourth-order valence-electron chi connectivity index (χ4n) is 7.41. The number of carbonyl (C=O) groups excluding carboxylic acids is 1. The molecule has 0 atom stereocenters. The molecule has 0 fully saturated rings. The Balaban J connectivity index is 0. The molecule has 0 aromatic carbocycles. The van der Waals surface area contributed by atoms with E-state index in [0.717, 1.165) is 38.1 Å². The molecule has 0 amide bonds. The van der Waals surface area contributed by atoms with Crippen LogP contribution in [0.5, 0.6) is 0 Å². The van der Waals surface area contributed by atoms with Crippen LogP contribution < -0.4 is 5.32 Å². The van der Waals surface area contributed by atoms with Crippen LogP contribution in [0.15, 0.2) is 0 Å². The molecule has 2 heteroatoms. The van der Waals surface area contributed by atoms with Crippen LogP contribution in [0, 0.1) is 18.8 Å². The lowest BCUT2D eigenvalue weighted by molar-refractivity contribution is -0.119. The van der Waals surface area contributed by atoms with Gasteiger partial charge < -0.3 is 5.32 Å². The van der Waals surface area contributed by atoms with Crippen molar-refractivity contribution in [2.24, 2.45) is 5.92 Å². The number of unbranched alkanes of at least 4 members (excludes halogenated alkanes) is 28. The molecule has 0 aliphatic rings. The van der Waals surface area contributed by atoms with E-state index in [1.54, 1.807) is 0 Å². The van der Waals surface area contributed by atoms with Crippen LogP contribution in [0.3, 0.4) is 0 Å². The first-order chi connectivity index (χ1) is 24.2. The third kappa shape index (κ3) is 45.2. The normalized spacial score (nSPS) is 11.2. The van der Waals surface area contributed by atoms with Crippen LogP contribution in [0.1, 0.15) is 265 Å². The molecule has 0 saturated heterocycles. The summed E-state index contributed by atoms with van der Waals surface area (Å²) >= 11 is 0. The van der Waals surface area contributed by atoms with Gasteiger partial charge in [0.25, 0.3) is 0 Å². The van der Waals surface area contributed by atoms with Gasteiger partial charge in [-0.1, -0.05) is 226 Å². The highest BCUT2D eigenvalue weighted by Gasteiger charge is 2.09. The van der Waals surface area contributed by atoms with E-state index in [9.17, 15) is 4.79 Å². The number of hydrogen-bond donors (Lipinski definition) is 1. The van der Waals surface area contributed by atoms with Gasteiger partial charge in [-0.15, -0.1) is 12.8 Å². The van der Waals surface area contributed by atoms with Crippen LogP contribution >= 0.6 is 0 Å². The van der Waals surface area contributed by atoms with Crippen molar-refractivity contribution in [1.29, 1.82) is 0 Å². The Labute approximate surface area is 311 Å². The Kier molecular flexibility index (Phi) is 48.4. The summed E-state index contributed by atoms with van der Waals surface area (Å²) < 4.78 is 0. The van der Waals surface area contributed by atoms with Crippen LogP contribution in [-0.2, 0) is 4.79 Å². The van der Waals surface area contributed by atoms with Gasteiger partial charge in [0.1, 0.15) is 5.78 Å². The lowest BCUT2D eigenvalue weighted by Gasteiger charge is -2.17. The lowest BCUT2D eigenvalue weighted by atomic mass is 9.89. The number of terminal acetylenes is 1. The average molecular weight is 688 g/mol. The highest BCUT2D eigenvalue weighted by atomic mass is 16.1. The summed E-state index contributed by atoms with van der Waals surface area (Å²) in [5, 5.41) is 3.64. The first-order valence-electron chi connectivity index (χ1n) is 22.8. The van der Waals surface area contributed by atoms with E-state index in [1.165, 1.54) is 225 Å². The molecule has 49 heavy (non-hydrogen) atoms. The van der Waals surface area contributed by atoms with Crippen molar-refractivity contribution < 1.29 is 4.79 Å². The maximum absolute atomic E-state index is 12.2. The highest BCUT2D eigenvalue weighted by molar-refractivity contribution is 5.78. The molecule has 0 radical (unpaired) electrons. The van der Waals surface area contributed by atoms with Crippen molar-refractivity contribution in [3.63, 3.8) is 0 Å². The molecular formula is C47H93NO. The molecule has 0 saturated carbocycles. The minimum Gasteiger partial charge on any atom is -0.317 e. The second-order valence-electron chi connectivity index (χ2n) is 15.6. The van der Waals surface area contributed by atoms with Gasteiger partial charge in [0.05, 0.1) is 0 Å². The molecule has 0 aromatic rings. The molecule has 0 aliphatic carbocycles. The Morgan fingerprint density at radius 3 is 0.939 bits per heavy atom. The Morgan fingerprint density at radius 2 is 0.612 bits per heavy atom. The van der Waals surface area contributed by atoms with Gasteiger partial charge in [-0.2, -0.15) is 0 Å². The summed E-state index contributed by atoms with van der Waals surface area (Å²) in [6.45, 7) is 9.24. The average Bonchev–Trinajstić information content (AvgIpc) is 3.12. The van der Waals surface area contributed by atoms with Crippen molar-refractivity contribution in [3.05, 3.63) is 0 Å². The maximum atomic E-state index is 12.2. The molecule has 0 aromatic heterocycles. The largest absolute Gasteiger partial charge is 0.317 e. The molecule has 0 spiro atoms. The summed E-state index contributed by atoms with van der Waals surface area (Å²) in [6, 6.07) is 0. The number of ketones is 1. The maximum Gasteiger partial charge on any atom is 0.132 e. The number of Topliss-reactive ketones (excluding diaryl/α,β-unsaturated/α-hetero) is 1. The molecule has 2 nitrogen and oxygen atoms in total. The molecule has 0 unspecified atom stereocenters.